The molecule has 1 rings (SSSR count). The van der Waals surface area contributed by atoms with E-state index in [0.717, 1.165) is 0 Å². The summed E-state index contributed by atoms with van der Waals surface area (Å²) in [6.07, 6.45) is -9.39. The van der Waals surface area contributed by atoms with Gasteiger partial charge >= 0.3 is 12.4 Å². The first-order chi connectivity index (χ1) is 8.07. The number of alkyl halides is 6. The lowest BCUT2D eigenvalue weighted by Gasteiger charge is -2.26. The van der Waals surface area contributed by atoms with Gasteiger partial charge in [-0.2, -0.15) is 26.3 Å². The van der Waals surface area contributed by atoms with Gasteiger partial charge in [0, 0.05) is 10.2 Å². The van der Waals surface area contributed by atoms with Crippen molar-refractivity contribution in [3.63, 3.8) is 0 Å². The molecule has 102 valence electrons. The van der Waals surface area contributed by atoms with Crippen molar-refractivity contribution in [2.45, 2.75) is 12.4 Å². The van der Waals surface area contributed by atoms with Gasteiger partial charge in [0.25, 0.3) is 0 Å². The Kier molecular flexibility index (Phi) is 4.52. The van der Waals surface area contributed by atoms with E-state index in [0.29, 0.717) is 4.47 Å². The van der Waals surface area contributed by atoms with Crippen molar-refractivity contribution in [3.05, 3.63) is 28.7 Å². The minimum Gasteiger partial charge on any atom is -0.353 e. The quantitative estimate of drug-likeness (QED) is 0.741. The van der Waals surface area contributed by atoms with E-state index in [4.69, 9.17) is 0 Å². The fourth-order valence-corrected chi connectivity index (χ4v) is 1.59. The lowest BCUT2D eigenvalue weighted by Crippen LogP contribution is -2.40. The van der Waals surface area contributed by atoms with Crippen LogP contribution in [0.3, 0.4) is 0 Å². The molecule has 18 heavy (non-hydrogen) atoms. The van der Waals surface area contributed by atoms with Crippen molar-refractivity contribution >= 4 is 21.6 Å². The Morgan fingerprint density at radius 2 is 1.22 bits per heavy atom. The van der Waals surface area contributed by atoms with E-state index in [-0.39, 0.29) is 10.6 Å². The summed E-state index contributed by atoms with van der Waals surface area (Å²) in [7, 11) is 0. The lowest BCUT2D eigenvalue weighted by molar-refractivity contribution is -0.137. The molecule has 8 heteroatoms. The number of anilines is 1. The summed E-state index contributed by atoms with van der Waals surface area (Å²) >= 11 is 3.05. The van der Waals surface area contributed by atoms with Gasteiger partial charge < -0.3 is 4.90 Å². The van der Waals surface area contributed by atoms with Crippen molar-refractivity contribution in [1.29, 1.82) is 0 Å². The topological polar surface area (TPSA) is 3.24 Å². The average molecular weight is 336 g/mol. The van der Waals surface area contributed by atoms with Crippen LogP contribution in [0.25, 0.3) is 0 Å². The van der Waals surface area contributed by atoms with E-state index in [1.54, 1.807) is 0 Å². The van der Waals surface area contributed by atoms with Crippen molar-refractivity contribution in [3.8, 4) is 0 Å². The molecule has 0 heterocycles. The van der Waals surface area contributed by atoms with E-state index in [2.05, 4.69) is 15.9 Å². The first-order valence-corrected chi connectivity index (χ1v) is 5.50. The van der Waals surface area contributed by atoms with E-state index in [1.807, 2.05) is 0 Å². The molecule has 0 N–H and O–H groups in total. The summed E-state index contributed by atoms with van der Waals surface area (Å²) in [5.74, 6) is 0. The van der Waals surface area contributed by atoms with Gasteiger partial charge in [0.05, 0.1) is 0 Å². The van der Waals surface area contributed by atoms with Gasteiger partial charge in [-0.05, 0) is 24.3 Å². The van der Waals surface area contributed by atoms with Crippen molar-refractivity contribution < 1.29 is 26.3 Å². The van der Waals surface area contributed by atoms with Crippen LogP contribution in [0.2, 0.25) is 0 Å². The zero-order chi connectivity index (χ0) is 14.0. The van der Waals surface area contributed by atoms with Crippen LogP contribution in [0.15, 0.2) is 28.7 Å². The highest BCUT2D eigenvalue weighted by Crippen LogP contribution is 2.27. The Morgan fingerprint density at radius 1 is 0.833 bits per heavy atom. The zero-order valence-corrected chi connectivity index (χ0v) is 10.4. The van der Waals surface area contributed by atoms with Crippen LogP contribution in [0, 0.1) is 0 Å². The molecule has 0 aliphatic rings. The molecule has 0 aliphatic heterocycles. The van der Waals surface area contributed by atoms with Gasteiger partial charge in [-0.3, -0.25) is 0 Å². The van der Waals surface area contributed by atoms with Crippen LogP contribution < -0.4 is 4.90 Å². The van der Waals surface area contributed by atoms with E-state index < -0.39 is 25.4 Å². The zero-order valence-electron chi connectivity index (χ0n) is 8.82. The molecule has 0 saturated carbocycles. The van der Waals surface area contributed by atoms with Crippen LogP contribution in [-0.4, -0.2) is 25.4 Å². The molecule has 1 nitrogen and oxygen atoms in total. The summed E-state index contributed by atoms with van der Waals surface area (Å²) in [5.41, 5.74) is -0.132. The van der Waals surface area contributed by atoms with Crippen LogP contribution in [0.4, 0.5) is 32.0 Å². The number of hydrogen-bond acceptors (Lipinski definition) is 1. The molecule has 0 atom stereocenters. The van der Waals surface area contributed by atoms with Gasteiger partial charge in [-0.25, -0.2) is 0 Å². The Balaban J connectivity index is 2.93. The van der Waals surface area contributed by atoms with Crippen molar-refractivity contribution in [1.82, 2.24) is 0 Å². The standard InChI is InChI=1S/C10H8BrF6N/c11-7-1-3-8(4-2-7)18(5-9(12,13)14)6-10(15,16)17/h1-4H,5-6H2. The summed E-state index contributed by atoms with van der Waals surface area (Å²) in [5, 5.41) is 0. The summed E-state index contributed by atoms with van der Waals surface area (Å²) in [4.78, 5) is 0.242. The average Bonchev–Trinajstić information content (AvgIpc) is 2.13. The second-order valence-electron chi connectivity index (χ2n) is 3.56. The summed E-state index contributed by atoms with van der Waals surface area (Å²) in [6, 6.07) is 5.16. The number of halogens is 7. The molecule has 0 spiro atoms. The highest BCUT2D eigenvalue weighted by molar-refractivity contribution is 9.10. The summed E-state index contributed by atoms with van der Waals surface area (Å²) in [6.45, 7) is -3.29. The number of rotatable bonds is 3. The Hall–Kier alpha value is -0.920. The predicted octanol–water partition coefficient (Wildman–Crippen LogP) is 4.38. The Labute approximate surface area is 108 Å². The van der Waals surface area contributed by atoms with Crippen LogP contribution in [0.1, 0.15) is 0 Å². The first-order valence-electron chi connectivity index (χ1n) is 4.71. The molecule has 0 unspecified atom stereocenters. The van der Waals surface area contributed by atoms with Crippen molar-refractivity contribution in [2.24, 2.45) is 0 Å². The third kappa shape index (κ3) is 5.61. The maximum atomic E-state index is 12.2. The smallest absolute Gasteiger partial charge is 0.353 e. The van der Waals surface area contributed by atoms with Gasteiger partial charge in [0.15, 0.2) is 0 Å². The molecule has 0 amide bonds. The summed E-state index contributed by atoms with van der Waals surface area (Å²) < 4.78 is 73.9. The van der Waals surface area contributed by atoms with E-state index >= 15 is 0 Å². The largest absolute Gasteiger partial charge is 0.405 e. The number of benzene rings is 1. The van der Waals surface area contributed by atoms with Crippen LogP contribution in [-0.2, 0) is 0 Å². The highest BCUT2D eigenvalue weighted by Gasteiger charge is 2.37. The molecular weight excluding hydrogens is 328 g/mol. The third-order valence-electron chi connectivity index (χ3n) is 1.93. The molecule has 1 aromatic rings. The molecule has 0 bridgehead atoms. The van der Waals surface area contributed by atoms with Crippen molar-refractivity contribution in [2.75, 3.05) is 18.0 Å². The number of hydrogen-bond donors (Lipinski definition) is 0. The Morgan fingerprint density at radius 3 is 1.56 bits per heavy atom. The third-order valence-corrected chi connectivity index (χ3v) is 2.46. The van der Waals surface area contributed by atoms with Crippen LogP contribution >= 0.6 is 15.9 Å². The van der Waals surface area contributed by atoms with Gasteiger partial charge in [0.1, 0.15) is 13.1 Å². The number of nitrogens with zero attached hydrogens (tertiary/aromatic N) is 1. The molecule has 0 aromatic heterocycles. The SMILES string of the molecule is FC(F)(F)CN(CC(F)(F)F)c1ccc(Br)cc1. The molecule has 1 aromatic carbocycles. The minimum absolute atomic E-state index is 0.132. The lowest BCUT2D eigenvalue weighted by atomic mass is 10.3. The second-order valence-corrected chi connectivity index (χ2v) is 4.48. The molecule has 0 radical (unpaired) electrons. The predicted molar refractivity (Wildman–Crippen MR) is 58.5 cm³/mol. The van der Waals surface area contributed by atoms with Gasteiger partial charge in [-0.1, -0.05) is 15.9 Å². The Bertz CT molecular complexity index is 367. The molecule has 0 aliphatic carbocycles. The molecule has 0 saturated heterocycles. The first kappa shape index (κ1) is 15.1. The molecule has 0 fully saturated rings. The molecular formula is C10H8BrF6N. The fourth-order valence-electron chi connectivity index (χ4n) is 1.32. The maximum absolute atomic E-state index is 12.2. The minimum atomic E-state index is -4.70. The fraction of sp³-hybridized carbons (Fsp3) is 0.400. The van der Waals surface area contributed by atoms with E-state index in [9.17, 15) is 26.3 Å². The maximum Gasteiger partial charge on any atom is 0.405 e. The van der Waals surface area contributed by atoms with Gasteiger partial charge in [-0.15, -0.1) is 0 Å². The normalized spacial score (nSPS) is 12.6. The monoisotopic (exact) mass is 335 g/mol. The van der Waals surface area contributed by atoms with E-state index in [1.165, 1.54) is 24.3 Å². The second kappa shape index (κ2) is 5.38. The highest BCUT2D eigenvalue weighted by atomic mass is 79.9. The van der Waals surface area contributed by atoms with Gasteiger partial charge in [0.2, 0.25) is 0 Å². The van der Waals surface area contributed by atoms with Crippen LogP contribution in [0.5, 0.6) is 0 Å².